The molecule has 2 aromatic rings. The smallest absolute Gasteiger partial charge is 0.255 e. The van der Waals surface area contributed by atoms with Crippen LogP contribution in [-0.4, -0.2) is 10.9 Å². The lowest BCUT2D eigenvalue weighted by atomic mass is 10.1. The molecule has 1 amide bonds. The molecule has 3 N–H and O–H groups in total. The molecule has 0 aliphatic heterocycles. The summed E-state index contributed by atoms with van der Waals surface area (Å²) in [6.45, 7) is 5.69. The molecule has 0 fully saturated rings. The molecular weight excluding hydrogens is 238 g/mol. The summed E-state index contributed by atoms with van der Waals surface area (Å²) in [5.41, 5.74) is 10.3. The topological polar surface area (TPSA) is 68.0 Å². The Bertz CT molecular complexity index is 615. The van der Waals surface area contributed by atoms with E-state index < -0.39 is 0 Å². The second-order valence-electron chi connectivity index (χ2n) is 4.67. The van der Waals surface area contributed by atoms with E-state index in [4.69, 9.17) is 5.73 Å². The van der Waals surface area contributed by atoms with Crippen LogP contribution < -0.4 is 11.1 Å². The molecule has 1 aromatic heterocycles. The van der Waals surface area contributed by atoms with Gasteiger partial charge in [-0.3, -0.25) is 9.78 Å². The summed E-state index contributed by atoms with van der Waals surface area (Å²) >= 11 is 0. The lowest BCUT2D eigenvalue weighted by Crippen LogP contribution is -2.14. The van der Waals surface area contributed by atoms with E-state index in [0.717, 1.165) is 22.6 Å². The van der Waals surface area contributed by atoms with Crippen LogP contribution in [0.4, 0.5) is 11.4 Å². The van der Waals surface area contributed by atoms with E-state index in [1.165, 1.54) is 0 Å². The zero-order valence-corrected chi connectivity index (χ0v) is 11.3. The number of nitrogens with two attached hydrogens (primary N) is 1. The number of nitrogens with zero attached hydrogens (tertiary/aromatic N) is 1. The number of aryl methyl sites for hydroxylation is 3. The maximum atomic E-state index is 12.2. The van der Waals surface area contributed by atoms with E-state index >= 15 is 0 Å². The average molecular weight is 255 g/mol. The number of amides is 1. The quantitative estimate of drug-likeness (QED) is 0.811. The van der Waals surface area contributed by atoms with Crippen molar-refractivity contribution in [1.29, 1.82) is 0 Å². The third kappa shape index (κ3) is 3.10. The van der Waals surface area contributed by atoms with Crippen LogP contribution in [0.15, 0.2) is 30.3 Å². The van der Waals surface area contributed by atoms with Crippen LogP contribution in [0.5, 0.6) is 0 Å². The number of nitrogen functional groups attached to an aromatic ring is 1. The van der Waals surface area contributed by atoms with Gasteiger partial charge in [0.2, 0.25) is 0 Å². The molecule has 4 nitrogen and oxygen atoms in total. The molecule has 0 bridgehead atoms. The van der Waals surface area contributed by atoms with Crippen molar-refractivity contribution in [3.63, 3.8) is 0 Å². The van der Waals surface area contributed by atoms with Gasteiger partial charge >= 0.3 is 0 Å². The van der Waals surface area contributed by atoms with Gasteiger partial charge in [0.1, 0.15) is 0 Å². The standard InChI is InChI=1S/C15H17N3O/c1-9-6-12(8-13(16)7-9)15(19)18-14-5-4-10(2)17-11(14)3/h4-8H,16H2,1-3H3,(H,18,19). The normalized spacial score (nSPS) is 10.3. The van der Waals surface area contributed by atoms with Gasteiger partial charge in [-0.05, 0) is 56.7 Å². The molecule has 98 valence electrons. The third-order valence-corrected chi connectivity index (χ3v) is 2.84. The number of pyridine rings is 1. The first-order valence-corrected chi connectivity index (χ1v) is 6.08. The van der Waals surface area contributed by atoms with Crippen molar-refractivity contribution in [3.05, 3.63) is 52.8 Å². The second-order valence-corrected chi connectivity index (χ2v) is 4.67. The Morgan fingerprint density at radius 2 is 1.89 bits per heavy atom. The van der Waals surface area contributed by atoms with Gasteiger partial charge in [0, 0.05) is 16.9 Å². The number of carbonyl (C=O) groups is 1. The molecule has 0 aliphatic carbocycles. The average Bonchev–Trinajstić information content (AvgIpc) is 2.31. The molecule has 1 heterocycles. The summed E-state index contributed by atoms with van der Waals surface area (Å²) in [4.78, 5) is 16.5. The van der Waals surface area contributed by atoms with Crippen molar-refractivity contribution in [3.8, 4) is 0 Å². The van der Waals surface area contributed by atoms with Gasteiger partial charge in [-0.15, -0.1) is 0 Å². The Kier molecular flexibility index (Phi) is 3.51. The Labute approximate surface area is 112 Å². The summed E-state index contributed by atoms with van der Waals surface area (Å²) in [6, 6.07) is 9.03. The van der Waals surface area contributed by atoms with E-state index in [-0.39, 0.29) is 5.91 Å². The van der Waals surface area contributed by atoms with E-state index in [9.17, 15) is 4.79 Å². The summed E-state index contributed by atoms with van der Waals surface area (Å²) in [7, 11) is 0. The molecule has 4 heteroatoms. The van der Waals surface area contributed by atoms with Gasteiger partial charge in [0.05, 0.1) is 11.4 Å². The Hall–Kier alpha value is -2.36. The highest BCUT2D eigenvalue weighted by Gasteiger charge is 2.09. The SMILES string of the molecule is Cc1cc(N)cc(C(=O)Nc2ccc(C)nc2C)c1. The van der Waals surface area contributed by atoms with Gasteiger partial charge in [-0.1, -0.05) is 0 Å². The summed E-state index contributed by atoms with van der Waals surface area (Å²) in [5.74, 6) is -0.177. The molecule has 0 radical (unpaired) electrons. The number of aromatic nitrogens is 1. The first-order valence-electron chi connectivity index (χ1n) is 6.08. The number of nitrogens with one attached hydrogen (secondary N) is 1. The summed E-state index contributed by atoms with van der Waals surface area (Å²) in [6.07, 6.45) is 0. The molecular formula is C15H17N3O. The van der Waals surface area contributed by atoms with Crippen molar-refractivity contribution in [2.75, 3.05) is 11.1 Å². The summed E-state index contributed by atoms with van der Waals surface area (Å²) in [5, 5.41) is 2.85. The van der Waals surface area contributed by atoms with Crippen molar-refractivity contribution < 1.29 is 4.79 Å². The van der Waals surface area contributed by atoms with Crippen LogP contribution in [0.3, 0.4) is 0 Å². The Morgan fingerprint density at radius 3 is 2.53 bits per heavy atom. The molecule has 1 aromatic carbocycles. The number of hydrogen-bond donors (Lipinski definition) is 2. The minimum atomic E-state index is -0.177. The molecule has 0 atom stereocenters. The highest BCUT2D eigenvalue weighted by atomic mass is 16.1. The van der Waals surface area contributed by atoms with Crippen LogP contribution in [0.1, 0.15) is 27.3 Å². The highest BCUT2D eigenvalue weighted by Crippen LogP contribution is 2.16. The van der Waals surface area contributed by atoms with E-state index in [0.29, 0.717) is 11.3 Å². The lowest BCUT2D eigenvalue weighted by molar-refractivity contribution is 0.102. The van der Waals surface area contributed by atoms with Crippen LogP contribution in [0.2, 0.25) is 0 Å². The van der Waals surface area contributed by atoms with Gasteiger partial charge in [0.25, 0.3) is 5.91 Å². The van der Waals surface area contributed by atoms with Crippen molar-refractivity contribution in [2.45, 2.75) is 20.8 Å². The molecule has 0 unspecified atom stereocenters. The largest absolute Gasteiger partial charge is 0.399 e. The monoisotopic (exact) mass is 255 g/mol. The van der Waals surface area contributed by atoms with E-state index in [2.05, 4.69) is 10.3 Å². The highest BCUT2D eigenvalue weighted by molar-refractivity contribution is 6.05. The fraction of sp³-hybridized carbons (Fsp3) is 0.200. The second kappa shape index (κ2) is 5.10. The van der Waals surface area contributed by atoms with Crippen LogP contribution in [-0.2, 0) is 0 Å². The number of benzene rings is 1. The molecule has 0 saturated carbocycles. The molecule has 0 saturated heterocycles. The van der Waals surface area contributed by atoms with Crippen LogP contribution >= 0.6 is 0 Å². The maximum absolute atomic E-state index is 12.2. The maximum Gasteiger partial charge on any atom is 0.255 e. The van der Waals surface area contributed by atoms with Gasteiger partial charge < -0.3 is 11.1 Å². The van der Waals surface area contributed by atoms with Crippen molar-refractivity contribution in [2.24, 2.45) is 0 Å². The fourth-order valence-electron chi connectivity index (χ4n) is 1.96. The number of rotatable bonds is 2. The van der Waals surface area contributed by atoms with E-state index in [1.54, 1.807) is 6.07 Å². The fourth-order valence-corrected chi connectivity index (χ4v) is 1.96. The predicted octanol–water partition coefficient (Wildman–Crippen LogP) is 2.84. The van der Waals surface area contributed by atoms with Gasteiger partial charge in [-0.2, -0.15) is 0 Å². The zero-order chi connectivity index (χ0) is 14.0. The first-order chi connectivity index (χ1) is 8.95. The van der Waals surface area contributed by atoms with Gasteiger partial charge in [0.15, 0.2) is 0 Å². The zero-order valence-electron chi connectivity index (χ0n) is 11.3. The predicted molar refractivity (Wildman–Crippen MR) is 77.3 cm³/mol. The Balaban J connectivity index is 2.25. The van der Waals surface area contributed by atoms with Gasteiger partial charge in [-0.25, -0.2) is 0 Å². The molecule has 2 rings (SSSR count). The molecule has 0 spiro atoms. The number of carbonyl (C=O) groups excluding carboxylic acids is 1. The third-order valence-electron chi connectivity index (χ3n) is 2.84. The minimum absolute atomic E-state index is 0.177. The lowest BCUT2D eigenvalue weighted by Gasteiger charge is -2.09. The number of hydrogen-bond acceptors (Lipinski definition) is 3. The van der Waals surface area contributed by atoms with Crippen LogP contribution in [0.25, 0.3) is 0 Å². The molecule has 0 aliphatic rings. The van der Waals surface area contributed by atoms with Crippen LogP contribution in [0, 0.1) is 20.8 Å². The minimum Gasteiger partial charge on any atom is -0.399 e. The Morgan fingerprint density at radius 1 is 1.16 bits per heavy atom. The summed E-state index contributed by atoms with van der Waals surface area (Å²) < 4.78 is 0. The van der Waals surface area contributed by atoms with Crippen molar-refractivity contribution in [1.82, 2.24) is 4.98 Å². The first kappa shape index (κ1) is 13.1. The molecule has 19 heavy (non-hydrogen) atoms. The van der Waals surface area contributed by atoms with Crippen molar-refractivity contribution >= 4 is 17.3 Å². The number of anilines is 2. The van der Waals surface area contributed by atoms with E-state index in [1.807, 2.05) is 45.0 Å².